The van der Waals surface area contributed by atoms with Gasteiger partial charge in [-0.3, -0.25) is 4.90 Å². The number of nitrogens with two attached hydrogens (primary N) is 1. The summed E-state index contributed by atoms with van der Waals surface area (Å²) in [5.74, 6) is 0. The first-order valence-corrected chi connectivity index (χ1v) is 14.1. The third kappa shape index (κ3) is 4.95. The highest BCUT2D eigenvalue weighted by Gasteiger charge is 2.44. The number of nitrogens with zero attached hydrogens (tertiary/aromatic N) is 3. The molecule has 166 valence electrons. The van der Waals surface area contributed by atoms with Crippen LogP contribution in [0.1, 0.15) is 32.8 Å². The summed E-state index contributed by atoms with van der Waals surface area (Å²) < 4.78 is 12.5. The molecule has 2 atom stereocenters. The average molecular weight is 451 g/mol. The first-order chi connectivity index (χ1) is 14.0. The maximum atomic E-state index is 9.38. The van der Waals surface area contributed by atoms with E-state index >= 15 is 0 Å². The molecule has 0 amide bonds. The number of morpholine rings is 1. The third-order valence-electron chi connectivity index (χ3n) is 6.84. The van der Waals surface area contributed by atoms with Gasteiger partial charge in [0.1, 0.15) is 0 Å². The summed E-state index contributed by atoms with van der Waals surface area (Å²) >= 11 is 6.56. The minimum atomic E-state index is -1.97. The van der Waals surface area contributed by atoms with Crippen molar-refractivity contribution in [1.29, 1.82) is 5.26 Å². The van der Waals surface area contributed by atoms with Gasteiger partial charge in [0.05, 0.1) is 47.3 Å². The van der Waals surface area contributed by atoms with Gasteiger partial charge in [0.2, 0.25) is 0 Å². The summed E-state index contributed by atoms with van der Waals surface area (Å²) in [6.07, 6.45) is 1.05. The quantitative estimate of drug-likeness (QED) is 0.549. The second kappa shape index (κ2) is 9.05. The lowest BCUT2D eigenvalue weighted by molar-refractivity contribution is -0.0238. The SMILES string of the molecule is CC(C)(C)[Si](C)(C)O[C@@H]1CN(c2cc(C#N)cc(N)c2Cl)CC[C@H]1N1CCOCC1. The van der Waals surface area contributed by atoms with Gasteiger partial charge >= 0.3 is 0 Å². The predicted octanol–water partition coefficient (Wildman–Crippen LogP) is 4.10. The van der Waals surface area contributed by atoms with Crippen LogP contribution in [0, 0.1) is 11.3 Å². The van der Waals surface area contributed by atoms with E-state index < -0.39 is 8.32 Å². The van der Waals surface area contributed by atoms with E-state index in [4.69, 9.17) is 26.5 Å². The van der Waals surface area contributed by atoms with Gasteiger partial charge in [0, 0.05) is 32.2 Å². The number of nitriles is 1. The van der Waals surface area contributed by atoms with Gasteiger partial charge in [-0.25, -0.2) is 0 Å². The van der Waals surface area contributed by atoms with Crippen molar-refractivity contribution in [1.82, 2.24) is 4.90 Å². The highest BCUT2D eigenvalue weighted by Crippen LogP contribution is 2.40. The van der Waals surface area contributed by atoms with Crippen molar-refractivity contribution in [3.8, 4) is 6.07 Å². The Morgan fingerprint density at radius 2 is 1.90 bits per heavy atom. The van der Waals surface area contributed by atoms with Crippen molar-refractivity contribution in [3.63, 3.8) is 0 Å². The van der Waals surface area contributed by atoms with E-state index in [1.165, 1.54) is 0 Å². The molecule has 30 heavy (non-hydrogen) atoms. The number of ether oxygens (including phenoxy) is 1. The smallest absolute Gasteiger partial charge is 0.192 e. The topological polar surface area (TPSA) is 74.8 Å². The normalized spacial score (nSPS) is 24.0. The second-order valence-electron chi connectivity index (χ2n) is 9.88. The molecule has 0 unspecified atom stereocenters. The van der Waals surface area contributed by atoms with Crippen LogP contribution < -0.4 is 10.6 Å². The number of halogens is 1. The highest BCUT2D eigenvalue weighted by atomic mass is 35.5. The lowest BCUT2D eigenvalue weighted by atomic mass is 9.98. The average Bonchev–Trinajstić information content (AvgIpc) is 2.69. The molecular weight excluding hydrogens is 416 g/mol. The standard InChI is InChI=1S/C22H35ClN4O2Si/c1-22(2,3)30(4,5)29-20-15-27(7-6-18(20)26-8-10-28-11-9-26)19-13-16(14-24)12-17(25)21(19)23/h12-13,18,20H,6-11,15,25H2,1-5H3/t18-,20-/m1/s1. The van der Waals surface area contributed by atoms with Gasteiger partial charge in [-0.15, -0.1) is 0 Å². The summed E-state index contributed by atoms with van der Waals surface area (Å²) in [7, 11) is -1.97. The van der Waals surface area contributed by atoms with E-state index in [1.807, 2.05) is 6.07 Å². The zero-order valence-electron chi connectivity index (χ0n) is 18.9. The third-order valence-corrected chi connectivity index (χ3v) is 11.8. The summed E-state index contributed by atoms with van der Waals surface area (Å²) in [4.78, 5) is 4.77. The fourth-order valence-electron chi connectivity index (χ4n) is 4.05. The Morgan fingerprint density at radius 1 is 1.23 bits per heavy atom. The molecule has 2 fully saturated rings. The zero-order valence-corrected chi connectivity index (χ0v) is 20.6. The van der Waals surface area contributed by atoms with Crippen molar-refractivity contribution in [2.75, 3.05) is 50.0 Å². The maximum absolute atomic E-state index is 9.38. The Morgan fingerprint density at radius 3 is 2.50 bits per heavy atom. The minimum absolute atomic E-state index is 0.0702. The van der Waals surface area contributed by atoms with E-state index in [9.17, 15) is 5.26 Å². The second-order valence-corrected chi connectivity index (χ2v) is 15.0. The largest absolute Gasteiger partial charge is 0.411 e. The number of hydrogen-bond donors (Lipinski definition) is 1. The molecule has 0 saturated carbocycles. The van der Waals surface area contributed by atoms with Crippen LogP contribution in [-0.2, 0) is 9.16 Å². The van der Waals surface area contributed by atoms with E-state index in [2.05, 4.69) is 49.7 Å². The van der Waals surface area contributed by atoms with Crippen LogP contribution in [-0.4, -0.2) is 64.8 Å². The van der Waals surface area contributed by atoms with E-state index in [0.717, 1.165) is 51.5 Å². The first kappa shape index (κ1) is 23.4. The summed E-state index contributed by atoms with van der Waals surface area (Å²) in [5, 5.41) is 10.0. The van der Waals surface area contributed by atoms with E-state index in [-0.39, 0.29) is 11.1 Å². The number of nitrogen functional groups attached to an aromatic ring is 1. The first-order valence-electron chi connectivity index (χ1n) is 10.8. The Bertz CT molecular complexity index is 800. The van der Waals surface area contributed by atoms with Crippen molar-refractivity contribution in [3.05, 3.63) is 22.7 Å². The van der Waals surface area contributed by atoms with Crippen LogP contribution in [0.5, 0.6) is 0 Å². The summed E-state index contributed by atoms with van der Waals surface area (Å²) in [6, 6.07) is 6.03. The van der Waals surface area contributed by atoms with Crippen molar-refractivity contribution < 1.29 is 9.16 Å². The Kier molecular flexibility index (Phi) is 7.05. The van der Waals surface area contributed by atoms with Crippen molar-refractivity contribution >= 4 is 31.3 Å². The Hall–Kier alpha value is -1.30. The minimum Gasteiger partial charge on any atom is -0.411 e. The number of anilines is 2. The van der Waals surface area contributed by atoms with Gasteiger partial charge in [-0.2, -0.15) is 5.26 Å². The maximum Gasteiger partial charge on any atom is 0.192 e. The fourth-order valence-corrected chi connectivity index (χ4v) is 5.62. The van der Waals surface area contributed by atoms with Crippen LogP contribution in [0.15, 0.2) is 12.1 Å². The van der Waals surface area contributed by atoms with E-state index in [0.29, 0.717) is 22.3 Å². The van der Waals surface area contributed by atoms with Crippen LogP contribution in [0.4, 0.5) is 11.4 Å². The molecule has 6 nitrogen and oxygen atoms in total. The summed E-state index contributed by atoms with van der Waals surface area (Å²) in [5.41, 5.74) is 7.89. The fraction of sp³-hybridized carbons (Fsp3) is 0.682. The van der Waals surface area contributed by atoms with Crippen LogP contribution in [0.25, 0.3) is 0 Å². The van der Waals surface area contributed by atoms with Crippen LogP contribution >= 0.6 is 11.6 Å². The molecule has 0 radical (unpaired) electrons. The molecule has 2 heterocycles. The molecule has 3 rings (SSSR count). The molecular formula is C22H35ClN4O2Si. The molecule has 0 aliphatic carbocycles. The number of rotatable bonds is 4. The van der Waals surface area contributed by atoms with Crippen LogP contribution in [0.2, 0.25) is 23.2 Å². The van der Waals surface area contributed by atoms with E-state index in [1.54, 1.807) is 6.07 Å². The molecule has 1 aromatic carbocycles. The van der Waals surface area contributed by atoms with Gasteiger partial charge in [-0.05, 0) is 36.7 Å². The Labute approximate surface area is 187 Å². The zero-order chi connectivity index (χ0) is 22.1. The van der Waals surface area contributed by atoms with Gasteiger partial charge in [0.25, 0.3) is 0 Å². The van der Waals surface area contributed by atoms with Gasteiger partial charge in [-0.1, -0.05) is 32.4 Å². The predicted molar refractivity (Wildman–Crippen MR) is 126 cm³/mol. The molecule has 8 heteroatoms. The molecule has 0 bridgehead atoms. The molecule has 0 aromatic heterocycles. The molecule has 2 aliphatic rings. The van der Waals surface area contributed by atoms with Crippen molar-refractivity contribution in [2.24, 2.45) is 0 Å². The Balaban J connectivity index is 1.89. The number of hydrogen-bond acceptors (Lipinski definition) is 6. The molecule has 1 aromatic rings. The van der Waals surface area contributed by atoms with Gasteiger partial charge in [0.15, 0.2) is 8.32 Å². The molecule has 2 saturated heterocycles. The van der Waals surface area contributed by atoms with Gasteiger partial charge < -0.3 is 19.8 Å². The highest BCUT2D eigenvalue weighted by molar-refractivity contribution is 6.74. The molecule has 2 N–H and O–H groups in total. The summed E-state index contributed by atoms with van der Waals surface area (Å²) in [6.45, 7) is 16.5. The lowest BCUT2D eigenvalue weighted by Gasteiger charge is -2.49. The molecule has 0 spiro atoms. The van der Waals surface area contributed by atoms with Crippen LogP contribution in [0.3, 0.4) is 0 Å². The molecule has 2 aliphatic heterocycles. The monoisotopic (exact) mass is 450 g/mol. The number of benzene rings is 1. The van der Waals surface area contributed by atoms with Crippen molar-refractivity contribution in [2.45, 2.75) is 57.5 Å². The number of piperidine rings is 1. The lowest BCUT2D eigenvalue weighted by Crippen LogP contribution is -2.60.